The summed E-state index contributed by atoms with van der Waals surface area (Å²) in [6.45, 7) is 4.00. The van der Waals surface area contributed by atoms with Crippen LogP contribution in [-0.4, -0.2) is 13.6 Å². The molecule has 0 amide bonds. The van der Waals surface area contributed by atoms with Gasteiger partial charge in [-0.3, -0.25) is 6.08 Å². The quantitative estimate of drug-likeness (QED) is 0.410. The van der Waals surface area contributed by atoms with Crippen LogP contribution in [0.1, 0.15) is 6.42 Å². The van der Waals surface area contributed by atoms with Crippen LogP contribution in [0.5, 0.6) is 0 Å². The fraction of sp³-hybridized carbons (Fsp3) is 0.143. The van der Waals surface area contributed by atoms with E-state index >= 15 is 0 Å². The summed E-state index contributed by atoms with van der Waals surface area (Å²) in [6.07, 6.45) is 10.0. The molecule has 0 saturated heterocycles. The van der Waals surface area contributed by atoms with Crippen LogP contribution in [0.4, 0.5) is 0 Å². The molecule has 0 fully saturated rings. The van der Waals surface area contributed by atoms with Crippen molar-refractivity contribution in [3.05, 3.63) is 24.3 Å². The zero-order valence-corrected chi connectivity index (χ0v) is 6.73. The van der Waals surface area contributed by atoms with Crippen LogP contribution in [0, 0.1) is 6.08 Å². The van der Waals surface area contributed by atoms with Crippen LogP contribution in [0.25, 0.3) is 0 Å². The summed E-state index contributed by atoms with van der Waals surface area (Å²) in [6, 6.07) is 0. The molecule has 10 heavy (non-hydrogen) atoms. The minimum Gasteiger partial charge on any atom is -0.307 e. The predicted molar refractivity (Wildman–Crippen MR) is 35.8 cm³/mol. The summed E-state index contributed by atoms with van der Waals surface area (Å²) in [5.41, 5.74) is 0. The minimum atomic E-state index is 0. The Kier molecular flexibility index (Phi) is 38.6. The van der Waals surface area contributed by atoms with Gasteiger partial charge in [0, 0.05) is 17.1 Å². The van der Waals surface area contributed by atoms with Crippen molar-refractivity contribution in [3.8, 4) is 0 Å². The van der Waals surface area contributed by atoms with Gasteiger partial charge in [0.2, 0.25) is 0 Å². The monoisotopic (exact) mass is 180 g/mol. The predicted octanol–water partition coefficient (Wildman–Crippen LogP) is 0.933. The summed E-state index contributed by atoms with van der Waals surface area (Å²) in [5.74, 6) is 0. The average Bonchev–Trinajstić information content (AvgIpc) is 2.51. The zero-order chi connectivity index (χ0) is 7.54. The van der Waals surface area contributed by atoms with E-state index in [-0.39, 0.29) is 17.1 Å². The van der Waals surface area contributed by atoms with Crippen LogP contribution in [0.3, 0.4) is 0 Å². The van der Waals surface area contributed by atoms with Crippen LogP contribution in [-0.2, 0) is 26.7 Å². The van der Waals surface area contributed by atoms with Gasteiger partial charge in [-0.15, -0.1) is 6.42 Å². The molecule has 0 spiro atoms. The number of carbonyl (C=O) groups excluding carboxylic acids is 2. The molecule has 0 aromatic rings. The standard InChI is InChI=1S/C5H5.2CH2O.Mn/c1-2-4-5-3-1;2*1-2;/h1-3H,4H2;2*1H2;/q-1;;;. The van der Waals surface area contributed by atoms with E-state index in [1.54, 1.807) is 0 Å². The molecular formula is C7H9MnO2-. The van der Waals surface area contributed by atoms with Gasteiger partial charge in [-0.1, -0.05) is 0 Å². The molecule has 1 rings (SSSR count). The molecule has 1 aliphatic rings. The van der Waals surface area contributed by atoms with Crippen molar-refractivity contribution >= 4 is 13.6 Å². The molecule has 0 atom stereocenters. The maximum absolute atomic E-state index is 8.00. The second kappa shape index (κ2) is 23.9. The summed E-state index contributed by atoms with van der Waals surface area (Å²) in [4.78, 5) is 16.0. The van der Waals surface area contributed by atoms with Gasteiger partial charge in [0.25, 0.3) is 0 Å². The molecule has 3 heteroatoms. The Bertz CT molecular complexity index is 87.8. The maximum atomic E-state index is 8.00. The molecule has 0 aromatic heterocycles. The van der Waals surface area contributed by atoms with Crippen LogP contribution in [0.2, 0.25) is 0 Å². The number of hydrogen-bond donors (Lipinski definition) is 0. The Morgan fingerprint density at radius 2 is 1.70 bits per heavy atom. The van der Waals surface area contributed by atoms with Gasteiger partial charge < -0.3 is 9.59 Å². The molecule has 0 bridgehead atoms. The molecule has 0 aromatic carbocycles. The van der Waals surface area contributed by atoms with E-state index in [4.69, 9.17) is 9.59 Å². The maximum Gasteiger partial charge on any atom is 0.106 e. The first-order chi connectivity index (χ1) is 4.50. The number of allylic oxidation sites excluding steroid dienone is 4. The van der Waals surface area contributed by atoms with Gasteiger partial charge in [-0.25, -0.2) is 12.2 Å². The normalized spacial score (nSPS) is 9.60. The molecule has 0 unspecified atom stereocenters. The van der Waals surface area contributed by atoms with Gasteiger partial charge in [-0.05, 0) is 0 Å². The van der Waals surface area contributed by atoms with Crippen LogP contribution >= 0.6 is 0 Å². The summed E-state index contributed by atoms with van der Waals surface area (Å²) >= 11 is 0. The Hall–Kier alpha value is -0.661. The Morgan fingerprint density at radius 1 is 1.20 bits per heavy atom. The first-order valence-corrected chi connectivity index (χ1v) is 2.29. The smallest absolute Gasteiger partial charge is 0.106 e. The molecule has 0 aliphatic heterocycles. The minimum absolute atomic E-state index is 0. The topological polar surface area (TPSA) is 34.1 Å². The fourth-order valence-electron chi connectivity index (χ4n) is 0.340. The molecule has 0 saturated carbocycles. The van der Waals surface area contributed by atoms with E-state index in [9.17, 15) is 0 Å². The third-order valence-electron chi connectivity index (χ3n) is 0.586. The average molecular weight is 180 g/mol. The zero-order valence-electron chi connectivity index (χ0n) is 5.55. The van der Waals surface area contributed by atoms with Crippen LogP contribution in [0.15, 0.2) is 18.2 Å². The van der Waals surface area contributed by atoms with Crippen molar-refractivity contribution in [2.45, 2.75) is 6.42 Å². The first kappa shape index (κ1) is 16.2. The first-order valence-electron chi connectivity index (χ1n) is 2.29. The van der Waals surface area contributed by atoms with Gasteiger partial charge >= 0.3 is 0 Å². The summed E-state index contributed by atoms with van der Waals surface area (Å²) < 4.78 is 0. The largest absolute Gasteiger partial charge is 0.307 e. The second-order valence-corrected chi connectivity index (χ2v) is 1.00. The van der Waals surface area contributed by atoms with Crippen molar-refractivity contribution in [2.24, 2.45) is 0 Å². The van der Waals surface area contributed by atoms with Crippen molar-refractivity contribution < 1.29 is 26.7 Å². The van der Waals surface area contributed by atoms with Gasteiger partial charge in [0.05, 0.1) is 0 Å². The second-order valence-electron chi connectivity index (χ2n) is 1.00. The Morgan fingerprint density at radius 3 is 1.80 bits per heavy atom. The van der Waals surface area contributed by atoms with Gasteiger partial charge in [0.15, 0.2) is 0 Å². The molecule has 1 radical (unpaired) electrons. The molecule has 0 heterocycles. The molecule has 0 N–H and O–H groups in total. The van der Waals surface area contributed by atoms with Gasteiger partial charge in [-0.2, -0.15) is 6.08 Å². The third kappa shape index (κ3) is 15.7. The van der Waals surface area contributed by atoms with E-state index in [0.717, 1.165) is 6.42 Å². The van der Waals surface area contributed by atoms with E-state index in [1.807, 2.05) is 25.7 Å². The van der Waals surface area contributed by atoms with Crippen molar-refractivity contribution in [1.82, 2.24) is 0 Å². The fourth-order valence-corrected chi connectivity index (χ4v) is 0.340. The summed E-state index contributed by atoms with van der Waals surface area (Å²) in [5, 5.41) is 0. The number of rotatable bonds is 0. The number of hydrogen-bond acceptors (Lipinski definition) is 2. The molecule has 57 valence electrons. The third-order valence-corrected chi connectivity index (χ3v) is 0.586. The van der Waals surface area contributed by atoms with Gasteiger partial charge in [0.1, 0.15) is 13.6 Å². The molecule has 2 nitrogen and oxygen atoms in total. The molecular weight excluding hydrogens is 171 g/mol. The van der Waals surface area contributed by atoms with Crippen LogP contribution < -0.4 is 0 Å². The van der Waals surface area contributed by atoms with Crippen molar-refractivity contribution in [3.63, 3.8) is 0 Å². The van der Waals surface area contributed by atoms with E-state index in [2.05, 4.69) is 12.2 Å². The van der Waals surface area contributed by atoms with E-state index in [0.29, 0.717) is 0 Å². The van der Waals surface area contributed by atoms with E-state index in [1.165, 1.54) is 0 Å². The Balaban J connectivity index is -0.0000000875. The van der Waals surface area contributed by atoms with Crippen molar-refractivity contribution in [1.29, 1.82) is 0 Å². The van der Waals surface area contributed by atoms with E-state index < -0.39 is 0 Å². The van der Waals surface area contributed by atoms with Crippen molar-refractivity contribution in [2.75, 3.05) is 0 Å². The molecule has 1 aliphatic carbocycles. The number of carbonyl (C=O) groups is 2. The Labute approximate surface area is 71.5 Å². The summed E-state index contributed by atoms with van der Waals surface area (Å²) in [7, 11) is 0. The SMILES string of the molecule is C=O.C=O.[C-]1=CC=CC1.[Mn].